The zero-order valence-corrected chi connectivity index (χ0v) is 17.7. The number of anilines is 2. The molecule has 1 saturated heterocycles. The second-order valence-corrected chi connectivity index (χ2v) is 8.05. The Kier molecular flexibility index (Phi) is 5.25. The monoisotopic (exact) mass is 427 g/mol. The molecule has 1 aliphatic rings. The molecule has 4 heterocycles. The van der Waals surface area contributed by atoms with Crippen LogP contribution in [-0.2, 0) is 13.6 Å². The summed E-state index contributed by atoms with van der Waals surface area (Å²) in [5.41, 5.74) is 4.19. The minimum absolute atomic E-state index is 0.178. The van der Waals surface area contributed by atoms with Gasteiger partial charge in [0, 0.05) is 30.7 Å². The van der Waals surface area contributed by atoms with Crippen molar-refractivity contribution in [3.05, 3.63) is 77.9 Å². The van der Waals surface area contributed by atoms with Crippen molar-refractivity contribution >= 4 is 22.4 Å². The number of aromatic nitrogens is 4. The normalized spacial score (nSPS) is 16.3. The highest BCUT2D eigenvalue weighted by Crippen LogP contribution is 2.34. The summed E-state index contributed by atoms with van der Waals surface area (Å²) in [5, 5.41) is 13.0. The van der Waals surface area contributed by atoms with Crippen molar-refractivity contribution in [2.45, 2.75) is 25.4 Å². The van der Waals surface area contributed by atoms with Crippen molar-refractivity contribution in [1.82, 2.24) is 24.4 Å². The zero-order valence-electron chi connectivity index (χ0n) is 17.7. The van der Waals surface area contributed by atoms with E-state index in [-0.39, 0.29) is 11.9 Å². The fraction of sp³-hybridized carbons (Fsp3) is 0.250. The summed E-state index contributed by atoms with van der Waals surface area (Å²) in [6, 6.07) is 10.6. The van der Waals surface area contributed by atoms with E-state index in [2.05, 4.69) is 31.4 Å². The van der Waals surface area contributed by atoms with E-state index in [1.165, 1.54) is 6.07 Å². The van der Waals surface area contributed by atoms with Gasteiger partial charge in [-0.25, -0.2) is 14.4 Å². The van der Waals surface area contributed by atoms with Gasteiger partial charge in [0.15, 0.2) is 0 Å². The first-order valence-corrected chi connectivity index (χ1v) is 10.5. The van der Waals surface area contributed by atoms with Gasteiger partial charge in [0.2, 0.25) is 0 Å². The fourth-order valence-corrected chi connectivity index (χ4v) is 4.40. The van der Waals surface area contributed by atoms with Crippen LogP contribution in [0.4, 0.5) is 15.9 Å². The van der Waals surface area contributed by atoms with Crippen LogP contribution in [0.15, 0.2) is 55.1 Å². The van der Waals surface area contributed by atoms with E-state index >= 15 is 0 Å². The molecular weight excluding hydrogens is 405 g/mol. The molecule has 1 fully saturated rings. The largest absolute Gasteiger partial charge is 0.350 e. The number of hydrogen-bond donors (Lipinski definition) is 1. The van der Waals surface area contributed by atoms with Gasteiger partial charge >= 0.3 is 0 Å². The predicted octanol–water partition coefficient (Wildman–Crippen LogP) is 4.45. The SMILES string of the molecule is Cn1cc(CN2CCC[C@@H]2c2cnc(Nc3ccc(C#N)nc3)cn2)c2cc(F)ccc21. The molecule has 0 spiro atoms. The molecule has 0 saturated carbocycles. The summed E-state index contributed by atoms with van der Waals surface area (Å²) >= 11 is 0. The summed E-state index contributed by atoms with van der Waals surface area (Å²) in [6.45, 7) is 1.71. The smallest absolute Gasteiger partial charge is 0.148 e. The highest BCUT2D eigenvalue weighted by atomic mass is 19.1. The summed E-state index contributed by atoms with van der Waals surface area (Å²) in [4.78, 5) is 15.6. The van der Waals surface area contributed by atoms with Crippen molar-refractivity contribution < 1.29 is 4.39 Å². The number of nitriles is 1. The molecule has 160 valence electrons. The van der Waals surface area contributed by atoms with Crippen molar-refractivity contribution in [3.8, 4) is 6.07 Å². The van der Waals surface area contributed by atoms with E-state index < -0.39 is 0 Å². The molecule has 32 heavy (non-hydrogen) atoms. The van der Waals surface area contributed by atoms with Gasteiger partial charge in [-0.2, -0.15) is 5.26 Å². The van der Waals surface area contributed by atoms with Gasteiger partial charge in [0.1, 0.15) is 23.4 Å². The number of pyridine rings is 1. The van der Waals surface area contributed by atoms with Gasteiger partial charge in [-0.3, -0.25) is 9.88 Å². The minimum Gasteiger partial charge on any atom is -0.350 e. The lowest BCUT2D eigenvalue weighted by molar-refractivity contribution is 0.245. The maximum Gasteiger partial charge on any atom is 0.148 e. The molecule has 1 aromatic carbocycles. The predicted molar refractivity (Wildman–Crippen MR) is 120 cm³/mol. The third kappa shape index (κ3) is 3.90. The highest BCUT2D eigenvalue weighted by molar-refractivity contribution is 5.84. The molecular formula is C24H22FN7. The Bertz CT molecular complexity index is 1290. The molecule has 7 nitrogen and oxygen atoms in total. The van der Waals surface area contributed by atoms with Gasteiger partial charge in [-0.1, -0.05) is 0 Å². The van der Waals surface area contributed by atoms with Crippen molar-refractivity contribution in [1.29, 1.82) is 5.26 Å². The van der Waals surface area contributed by atoms with E-state index in [0.29, 0.717) is 11.5 Å². The second-order valence-electron chi connectivity index (χ2n) is 8.05. The molecule has 0 aliphatic carbocycles. The second kappa shape index (κ2) is 8.36. The van der Waals surface area contributed by atoms with Crippen LogP contribution >= 0.6 is 0 Å². The summed E-state index contributed by atoms with van der Waals surface area (Å²) < 4.78 is 15.9. The van der Waals surface area contributed by atoms with Crippen LogP contribution < -0.4 is 5.32 Å². The van der Waals surface area contributed by atoms with Gasteiger partial charge in [0.05, 0.1) is 36.0 Å². The molecule has 1 atom stereocenters. The van der Waals surface area contributed by atoms with E-state index in [4.69, 9.17) is 5.26 Å². The zero-order chi connectivity index (χ0) is 22.1. The quantitative estimate of drug-likeness (QED) is 0.507. The van der Waals surface area contributed by atoms with Gasteiger partial charge in [-0.15, -0.1) is 0 Å². The Morgan fingerprint density at radius 1 is 1.16 bits per heavy atom. The molecule has 0 unspecified atom stereocenters. The van der Waals surface area contributed by atoms with Crippen LogP contribution in [0.2, 0.25) is 0 Å². The summed E-state index contributed by atoms with van der Waals surface area (Å²) in [5.74, 6) is 0.406. The standard InChI is InChI=1S/C24H22FN7/c1-31-14-16(20-9-17(25)4-7-22(20)31)15-32-8-2-3-23(32)21-12-29-24(13-28-21)30-19-6-5-18(10-26)27-11-19/h4-7,9,11-14,23H,2-3,8,15H2,1H3,(H,29,30)/t23-/m1/s1. The van der Waals surface area contributed by atoms with Crippen molar-refractivity contribution in [3.63, 3.8) is 0 Å². The van der Waals surface area contributed by atoms with E-state index in [1.807, 2.05) is 29.9 Å². The Labute approximate surface area is 185 Å². The average Bonchev–Trinajstić information content (AvgIpc) is 3.39. The number of nitrogens with zero attached hydrogens (tertiary/aromatic N) is 6. The Morgan fingerprint density at radius 2 is 2.06 bits per heavy atom. The number of fused-ring (bicyclic) bond motifs is 1. The van der Waals surface area contributed by atoms with E-state index in [9.17, 15) is 4.39 Å². The summed E-state index contributed by atoms with van der Waals surface area (Å²) in [7, 11) is 1.99. The Balaban J connectivity index is 1.32. The molecule has 5 rings (SSSR count). The topological polar surface area (TPSA) is 82.7 Å². The summed E-state index contributed by atoms with van der Waals surface area (Å²) in [6.07, 6.45) is 9.31. The van der Waals surface area contributed by atoms with Crippen LogP contribution in [0.3, 0.4) is 0 Å². The number of rotatable bonds is 5. The van der Waals surface area contributed by atoms with Crippen LogP contribution in [0.25, 0.3) is 10.9 Å². The lowest BCUT2D eigenvalue weighted by Crippen LogP contribution is -2.23. The first-order valence-electron chi connectivity index (χ1n) is 10.5. The molecule has 8 heteroatoms. The first-order chi connectivity index (χ1) is 15.6. The molecule has 0 amide bonds. The Hall–Kier alpha value is -3.83. The lowest BCUT2D eigenvalue weighted by Gasteiger charge is -2.23. The van der Waals surface area contributed by atoms with E-state index in [0.717, 1.165) is 53.8 Å². The number of halogens is 1. The van der Waals surface area contributed by atoms with Gasteiger partial charge in [0.25, 0.3) is 0 Å². The van der Waals surface area contributed by atoms with Crippen molar-refractivity contribution in [2.24, 2.45) is 7.05 Å². The maximum absolute atomic E-state index is 13.8. The van der Waals surface area contributed by atoms with Crippen LogP contribution in [-0.4, -0.2) is 31.0 Å². The van der Waals surface area contributed by atoms with Crippen LogP contribution in [0, 0.1) is 17.1 Å². The number of benzene rings is 1. The maximum atomic E-state index is 13.8. The third-order valence-electron chi connectivity index (χ3n) is 5.93. The number of nitrogens with one attached hydrogen (secondary N) is 1. The third-order valence-corrected chi connectivity index (χ3v) is 5.93. The molecule has 1 aliphatic heterocycles. The van der Waals surface area contributed by atoms with E-state index in [1.54, 1.807) is 30.6 Å². The lowest BCUT2D eigenvalue weighted by atomic mass is 10.1. The van der Waals surface area contributed by atoms with Gasteiger partial charge < -0.3 is 9.88 Å². The van der Waals surface area contributed by atoms with Crippen LogP contribution in [0.5, 0.6) is 0 Å². The first kappa shape index (κ1) is 20.1. The number of hydrogen-bond acceptors (Lipinski definition) is 6. The molecule has 4 aromatic rings. The van der Waals surface area contributed by atoms with Crippen LogP contribution in [0.1, 0.15) is 35.8 Å². The Morgan fingerprint density at radius 3 is 2.81 bits per heavy atom. The van der Waals surface area contributed by atoms with Gasteiger partial charge in [-0.05, 0) is 55.3 Å². The fourth-order valence-electron chi connectivity index (χ4n) is 4.40. The molecule has 1 N–H and O–H groups in total. The molecule has 0 bridgehead atoms. The highest BCUT2D eigenvalue weighted by Gasteiger charge is 2.28. The molecule has 3 aromatic heterocycles. The number of aryl methyl sites for hydroxylation is 1. The molecule has 0 radical (unpaired) electrons. The average molecular weight is 427 g/mol. The minimum atomic E-state index is -0.214. The van der Waals surface area contributed by atoms with Crippen molar-refractivity contribution in [2.75, 3.05) is 11.9 Å². The number of likely N-dealkylation sites (tertiary alicyclic amines) is 1.